The van der Waals surface area contributed by atoms with Crippen LogP contribution in [0, 0.1) is 0 Å². The number of fused-ring (bicyclic) bond motifs is 1. The van der Waals surface area contributed by atoms with E-state index in [-0.39, 0.29) is 12.3 Å². The predicted octanol–water partition coefficient (Wildman–Crippen LogP) is 2.84. The smallest absolute Gasteiger partial charge is 0.327 e. The van der Waals surface area contributed by atoms with Crippen molar-refractivity contribution in [3.63, 3.8) is 0 Å². The van der Waals surface area contributed by atoms with E-state index in [1.807, 2.05) is 42.5 Å². The van der Waals surface area contributed by atoms with Crippen LogP contribution in [-0.4, -0.2) is 22.1 Å². The number of benzene rings is 2. The largest absolute Gasteiger partial charge is 0.337 e. The zero-order valence-electron chi connectivity index (χ0n) is 11.9. The summed E-state index contributed by atoms with van der Waals surface area (Å²) in [5, 5.41) is 2.83. The van der Waals surface area contributed by atoms with Crippen molar-refractivity contribution in [2.24, 2.45) is 0 Å². The highest BCUT2D eigenvalue weighted by Gasteiger charge is 2.08. The van der Waals surface area contributed by atoms with Gasteiger partial charge in [-0.2, -0.15) is 0 Å². The maximum absolute atomic E-state index is 12.2. The summed E-state index contributed by atoms with van der Waals surface area (Å²) in [7, 11) is 0. The van der Waals surface area contributed by atoms with Crippen LogP contribution in [0.2, 0.25) is 0 Å². The van der Waals surface area contributed by atoms with Gasteiger partial charge in [-0.1, -0.05) is 42.5 Å². The van der Waals surface area contributed by atoms with Gasteiger partial charge in [-0.05, 0) is 24.1 Å². The Morgan fingerprint density at radius 2 is 1.90 bits per heavy atom. The third kappa shape index (κ3) is 2.54. The molecule has 4 heteroatoms. The van der Waals surface area contributed by atoms with Gasteiger partial charge in [0.05, 0.1) is 11.0 Å². The first kappa shape index (κ1) is 11.2. The summed E-state index contributed by atoms with van der Waals surface area (Å²) in [6, 6.07) is 16.9. The molecule has 3 rings (SSSR count). The molecule has 0 radical (unpaired) electrons. The van der Waals surface area contributed by atoms with E-state index >= 15 is 0 Å². The third-order valence-electron chi connectivity index (χ3n) is 3.13. The molecule has 4 nitrogen and oxygen atoms in total. The number of carbonyl (C=O) groups excluding carboxylic acids is 1. The molecule has 0 aliphatic carbocycles. The highest BCUT2D eigenvalue weighted by Crippen LogP contribution is 2.11. The zero-order chi connectivity index (χ0) is 14.7. The van der Waals surface area contributed by atoms with E-state index in [0.29, 0.717) is 17.6 Å². The van der Waals surface area contributed by atoms with Crippen LogP contribution in [0.3, 0.4) is 0 Å². The lowest BCUT2D eigenvalue weighted by Crippen LogP contribution is -2.29. The Balaban J connectivity index is 1.71. The molecule has 1 amide bonds. The zero-order valence-corrected chi connectivity index (χ0v) is 10.9. The fourth-order valence-corrected chi connectivity index (χ4v) is 2.10. The van der Waals surface area contributed by atoms with Crippen LogP contribution in [0.5, 0.6) is 0 Å². The molecular weight excluding hydrogens is 250 g/mol. The second-order valence-electron chi connectivity index (χ2n) is 4.50. The van der Waals surface area contributed by atoms with Gasteiger partial charge in [0.25, 0.3) is 0 Å². The minimum absolute atomic E-state index is 0.0478. The van der Waals surface area contributed by atoms with Crippen molar-refractivity contribution in [2.75, 3.05) is 6.54 Å². The molecule has 1 aromatic heterocycles. The predicted molar refractivity (Wildman–Crippen MR) is 78.7 cm³/mol. The molecule has 0 fully saturated rings. The number of carbonyl (C=O) groups is 1. The van der Waals surface area contributed by atoms with Crippen LogP contribution >= 0.6 is 0 Å². The molecule has 0 saturated carbocycles. The summed E-state index contributed by atoms with van der Waals surface area (Å²) in [6.07, 6.45) is 0.709. The van der Waals surface area contributed by atoms with Gasteiger partial charge in [0.1, 0.15) is 7.67 Å². The Morgan fingerprint density at radius 1 is 1.15 bits per heavy atom. The molecule has 100 valence electrons. The maximum atomic E-state index is 12.2. The van der Waals surface area contributed by atoms with Crippen molar-refractivity contribution in [2.45, 2.75) is 6.42 Å². The average Bonchev–Trinajstić information content (AvgIpc) is 2.84. The summed E-state index contributed by atoms with van der Waals surface area (Å²) in [5.74, 6) is 0. The lowest BCUT2D eigenvalue weighted by molar-refractivity contribution is 0.243. The molecule has 0 atom stereocenters. The number of imidazole rings is 1. The highest BCUT2D eigenvalue weighted by molar-refractivity contribution is 5.88. The van der Waals surface area contributed by atoms with Crippen molar-refractivity contribution in [1.29, 1.82) is 0 Å². The first-order chi connectivity index (χ1) is 10.3. The molecule has 2 aromatic carbocycles. The highest BCUT2D eigenvalue weighted by atomic mass is 16.2. The number of nitrogens with one attached hydrogen (secondary N) is 1. The van der Waals surface area contributed by atoms with Gasteiger partial charge in [-0.25, -0.2) is 9.78 Å². The minimum Gasteiger partial charge on any atom is -0.337 e. The molecular formula is C16H15N3O. The van der Waals surface area contributed by atoms with Gasteiger partial charge in [0.2, 0.25) is 0 Å². The average molecular weight is 266 g/mol. The van der Waals surface area contributed by atoms with Crippen molar-refractivity contribution < 1.29 is 6.17 Å². The number of aromatic nitrogens is 2. The topological polar surface area (TPSA) is 46.9 Å². The van der Waals surface area contributed by atoms with Crippen LogP contribution in [0.25, 0.3) is 11.0 Å². The summed E-state index contributed by atoms with van der Waals surface area (Å²) in [5.41, 5.74) is 2.47. The van der Waals surface area contributed by atoms with E-state index in [4.69, 9.17) is 1.37 Å². The van der Waals surface area contributed by atoms with E-state index in [1.54, 1.807) is 12.1 Å². The molecule has 0 saturated heterocycles. The van der Waals surface area contributed by atoms with Crippen molar-refractivity contribution in [1.82, 2.24) is 14.9 Å². The second-order valence-corrected chi connectivity index (χ2v) is 4.50. The van der Waals surface area contributed by atoms with Gasteiger partial charge < -0.3 is 5.32 Å². The fraction of sp³-hybridized carbons (Fsp3) is 0.125. The Hall–Kier alpha value is -2.62. The SMILES string of the molecule is [2H]c1nc2ccccc2n1C(=O)NCCc1ccccc1. The molecule has 0 bridgehead atoms. The lowest BCUT2D eigenvalue weighted by Gasteiger charge is -2.06. The van der Waals surface area contributed by atoms with Crippen molar-refractivity contribution >= 4 is 17.1 Å². The summed E-state index contributed by atoms with van der Waals surface area (Å²) >= 11 is 0. The molecule has 0 aliphatic heterocycles. The minimum atomic E-state index is -0.315. The first-order valence-corrected chi connectivity index (χ1v) is 6.52. The molecule has 0 unspecified atom stereocenters. The second kappa shape index (κ2) is 5.57. The molecule has 0 spiro atoms. The van der Waals surface area contributed by atoms with Gasteiger partial charge in [0.15, 0.2) is 0 Å². The van der Waals surface area contributed by atoms with E-state index < -0.39 is 0 Å². The summed E-state index contributed by atoms with van der Waals surface area (Å²) in [4.78, 5) is 16.3. The normalized spacial score (nSPS) is 11.3. The molecule has 1 N–H and O–H groups in total. The molecule has 1 heterocycles. The number of nitrogens with zero attached hydrogens (tertiary/aromatic N) is 2. The number of hydrogen-bond donors (Lipinski definition) is 1. The number of para-hydroxylation sites is 2. The summed E-state index contributed by atoms with van der Waals surface area (Å²) in [6.45, 7) is 0.523. The lowest BCUT2D eigenvalue weighted by atomic mass is 10.1. The van der Waals surface area contributed by atoms with Crippen molar-refractivity contribution in [3.05, 3.63) is 66.5 Å². The van der Waals surface area contributed by atoms with Crippen LogP contribution in [-0.2, 0) is 6.42 Å². The van der Waals surface area contributed by atoms with Crippen LogP contribution in [0.4, 0.5) is 4.79 Å². The first-order valence-electron chi connectivity index (χ1n) is 7.02. The number of rotatable bonds is 3. The van der Waals surface area contributed by atoms with Gasteiger partial charge in [-0.3, -0.25) is 4.57 Å². The van der Waals surface area contributed by atoms with Crippen molar-refractivity contribution in [3.8, 4) is 0 Å². The van der Waals surface area contributed by atoms with E-state index in [9.17, 15) is 4.79 Å². The van der Waals surface area contributed by atoms with Crippen LogP contribution in [0.1, 0.15) is 6.93 Å². The Bertz CT molecular complexity index is 768. The summed E-state index contributed by atoms with van der Waals surface area (Å²) < 4.78 is 9.11. The van der Waals surface area contributed by atoms with Crippen LogP contribution in [0.15, 0.2) is 60.9 Å². The fourth-order valence-electron chi connectivity index (χ4n) is 2.10. The maximum Gasteiger partial charge on any atom is 0.327 e. The Kier molecular flexibility index (Phi) is 3.13. The quantitative estimate of drug-likeness (QED) is 0.792. The number of hydrogen-bond acceptors (Lipinski definition) is 2. The van der Waals surface area contributed by atoms with Crippen LogP contribution < -0.4 is 5.32 Å². The third-order valence-corrected chi connectivity index (χ3v) is 3.13. The Morgan fingerprint density at radius 3 is 2.75 bits per heavy atom. The van der Waals surface area contributed by atoms with E-state index in [2.05, 4.69) is 10.3 Å². The Labute approximate surface area is 118 Å². The molecule has 0 aliphatic rings. The van der Waals surface area contributed by atoms with Gasteiger partial charge in [-0.15, -0.1) is 0 Å². The molecule has 3 aromatic rings. The van der Waals surface area contributed by atoms with E-state index in [1.165, 1.54) is 10.1 Å². The van der Waals surface area contributed by atoms with Gasteiger partial charge in [0, 0.05) is 6.54 Å². The monoisotopic (exact) mass is 266 g/mol. The van der Waals surface area contributed by atoms with E-state index in [0.717, 1.165) is 6.42 Å². The molecule has 20 heavy (non-hydrogen) atoms. The standard InChI is InChI=1S/C16H15N3O/c20-16(17-11-10-13-6-2-1-3-7-13)19-12-18-14-8-4-5-9-15(14)19/h1-9,12H,10-11H2,(H,17,20)/i12D. The number of amides is 1. The van der Waals surface area contributed by atoms with Gasteiger partial charge >= 0.3 is 6.03 Å².